The Balaban J connectivity index is 1.99. The summed E-state index contributed by atoms with van der Waals surface area (Å²) in [6.45, 7) is 0. The monoisotopic (exact) mass is 316 g/mol. The van der Waals surface area contributed by atoms with Gasteiger partial charge in [0.2, 0.25) is 0 Å². The summed E-state index contributed by atoms with van der Waals surface area (Å²) in [6.07, 6.45) is 2.39. The molecule has 0 spiro atoms. The lowest BCUT2D eigenvalue weighted by atomic mass is 10.1. The van der Waals surface area contributed by atoms with Crippen molar-refractivity contribution in [3.63, 3.8) is 0 Å². The van der Waals surface area contributed by atoms with Gasteiger partial charge < -0.3 is 4.57 Å². The van der Waals surface area contributed by atoms with Gasteiger partial charge in [-0.1, -0.05) is 35.9 Å². The lowest BCUT2D eigenvalue weighted by molar-refractivity contribution is 0.775. The van der Waals surface area contributed by atoms with Crippen LogP contribution in [0.5, 0.6) is 0 Å². The first-order chi connectivity index (χ1) is 10.3. The molecule has 21 heavy (non-hydrogen) atoms. The van der Waals surface area contributed by atoms with Crippen LogP contribution in [0.25, 0.3) is 22.4 Å². The predicted octanol–water partition coefficient (Wildman–Crippen LogP) is 5.43. The molecule has 1 aromatic heterocycles. The van der Waals surface area contributed by atoms with Gasteiger partial charge in [0.15, 0.2) is 0 Å². The second kappa shape index (κ2) is 5.04. The smallest absolute Gasteiger partial charge is 0.141 e. The van der Waals surface area contributed by atoms with Crippen LogP contribution < -0.4 is 0 Å². The van der Waals surface area contributed by atoms with E-state index in [9.17, 15) is 0 Å². The SMILES string of the molecule is ClCc1cccc(-c2nc3cccc(Cl)c3n2C2CC2)c1. The molecule has 0 saturated heterocycles. The van der Waals surface area contributed by atoms with Crippen molar-refractivity contribution in [2.75, 3.05) is 0 Å². The molecular weight excluding hydrogens is 303 g/mol. The van der Waals surface area contributed by atoms with Gasteiger partial charge in [-0.2, -0.15) is 0 Å². The van der Waals surface area contributed by atoms with Crippen molar-refractivity contribution >= 4 is 34.2 Å². The van der Waals surface area contributed by atoms with E-state index in [2.05, 4.69) is 16.7 Å². The number of hydrogen-bond acceptors (Lipinski definition) is 1. The molecule has 2 nitrogen and oxygen atoms in total. The van der Waals surface area contributed by atoms with E-state index in [1.165, 1.54) is 12.8 Å². The molecule has 0 N–H and O–H groups in total. The quantitative estimate of drug-likeness (QED) is 0.589. The molecule has 2 aromatic carbocycles. The Bertz CT molecular complexity index is 819. The molecule has 4 heteroatoms. The van der Waals surface area contributed by atoms with E-state index < -0.39 is 0 Å². The largest absolute Gasteiger partial charge is 0.320 e. The highest BCUT2D eigenvalue weighted by Crippen LogP contribution is 2.42. The lowest BCUT2D eigenvalue weighted by Crippen LogP contribution is -1.98. The summed E-state index contributed by atoms with van der Waals surface area (Å²) >= 11 is 12.4. The number of halogens is 2. The fraction of sp³-hybridized carbons (Fsp3) is 0.235. The number of para-hydroxylation sites is 1. The summed E-state index contributed by atoms with van der Waals surface area (Å²) in [7, 11) is 0. The molecule has 0 bridgehead atoms. The van der Waals surface area contributed by atoms with Crippen LogP contribution in [0, 0.1) is 0 Å². The molecule has 4 rings (SSSR count). The first-order valence-electron chi connectivity index (χ1n) is 7.09. The Morgan fingerprint density at radius 3 is 2.71 bits per heavy atom. The van der Waals surface area contributed by atoms with E-state index in [1.807, 2.05) is 30.3 Å². The second-order valence-electron chi connectivity index (χ2n) is 5.48. The molecule has 0 radical (unpaired) electrons. The summed E-state index contributed by atoms with van der Waals surface area (Å²) in [6, 6.07) is 14.7. The first kappa shape index (κ1) is 13.2. The van der Waals surface area contributed by atoms with Crippen LogP contribution >= 0.6 is 23.2 Å². The molecule has 0 aliphatic heterocycles. The summed E-state index contributed by atoms with van der Waals surface area (Å²) in [4.78, 5) is 4.82. The number of rotatable bonds is 3. The maximum absolute atomic E-state index is 6.41. The maximum Gasteiger partial charge on any atom is 0.141 e. The minimum atomic E-state index is 0.512. The van der Waals surface area contributed by atoms with Crippen LogP contribution in [0.3, 0.4) is 0 Å². The van der Waals surface area contributed by atoms with Gasteiger partial charge in [0.05, 0.1) is 16.1 Å². The number of fused-ring (bicyclic) bond motifs is 1. The van der Waals surface area contributed by atoms with Crippen LogP contribution in [0.2, 0.25) is 5.02 Å². The Morgan fingerprint density at radius 2 is 1.95 bits per heavy atom. The zero-order valence-electron chi connectivity index (χ0n) is 11.4. The van der Waals surface area contributed by atoms with Crippen LogP contribution in [0.4, 0.5) is 0 Å². The van der Waals surface area contributed by atoms with Crippen molar-refractivity contribution in [3.8, 4) is 11.4 Å². The minimum absolute atomic E-state index is 0.512. The molecule has 1 heterocycles. The highest BCUT2D eigenvalue weighted by Gasteiger charge is 2.29. The molecule has 1 saturated carbocycles. The highest BCUT2D eigenvalue weighted by atomic mass is 35.5. The molecule has 0 unspecified atom stereocenters. The minimum Gasteiger partial charge on any atom is -0.320 e. The van der Waals surface area contributed by atoms with Crippen molar-refractivity contribution in [1.82, 2.24) is 9.55 Å². The third-order valence-corrected chi connectivity index (χ3v) is 4.53. The van der Waals surface area contributed by atoms with E-state index in [-0.39, 0.29) is 0 Å². The molecular formula is C17H14Cl2N2. The van der Waals surface area contributed by atoms with E-state index >= 15 is 0 Å². The predicted molar refractivity (Wildman–Crippen MR) is 88.0 cm³/mol. The number of alkyl halides is 1. The Labute approximate surface area is 133 Å². The highest BCUT2D eigenvalue weighted by molar-refractivity contribution is 6.35. The first-order valence-corrected chi connectivity index (χ1v) is 8.01. The van der Waals surface area contributed by atoms with E-state index in [4.69, 9.17) is 28.2 Å². The van der Waals surface area contributed by atoms with Gasteiger partial charge in [0.25, 0.3) is 0 Å². The Kier molecular flexibility index (Phi) is 3.16. The van der Waals surface area contributed by atoms with Gasteiger partial charge in [-0.05, 0) is 36.6 Å². The normalized spacial score (nSPS) is 14.8. The number of aromatic nitrogens is 2. The molecule has 106 valence electrons. The van der Waals surface area contributed by atoms with E-state index in [0.29, 0.717) is 11.9 Å². The fourth-order valence-electron chi connectivity index (χ4n) is 2.79. The van der Waals surface area contributed by atoms with Gasteiger partial charge in [0.1, 0.15) is 5.82 Å². The van der Waals surface area contributed by atoms with Crippen molar-refractivity contribution < 1.29 is 0 Å². The summed E-state index contributed by atoms with van der Waals surface area (Å²) in [5, 5.41) is 0.770. The summed E-state index contributed by atoms with van der Waals surface area (Å²) in [5.41, 5.74) is 4.22. The van der Waals surface area contributed by atoms with Gasteiger partial charge in [-0.15, -0.1) is 11.6 Å². The molecule has 1 fully saturated rings. The number of imidazole rings is 1. The van der Waals surface area contributed by atoms with Crippen molar-refractivity contribution in [3.05, 3.63) is 53.1 Å². The zero-order valence-corrected chi connectivity index (χ0v) is 12.9. The molecule has 0 atom stereocenters. The average molecular weight is 317 g/mol. The van der Waals surface area contributed by atoms with Crippen LogP contribution in [0.1, 0.15) is 24.4 Å². The molecule has 1 aliphatic carbocycles. The topological polar surface area (TPSA) is 17.8 Å². The van der Waals surface area contributed by atoms with Crippen molar-refractivity contribution in [1.29, 1.82) is 0 Å². The number of hydrogen-bond donors (Lipinski definition) is 0. The summed E-state index contributed by atoms with van der Waals surface area (Å²) in [5.74, 6) is 1.51. The summed E-state index contributed by atoms with van der Waals surface area (Å²) < 4.78 is 2.30. The second-order valence-corrected chi connectivity index (χ2v) is 6.15. The van der Waals surface area contributed by atoms with E-state index in [0.717, 1.165) is 33.0 Å². The van der Waals surface area contributed by atoms with Gasteiger partial charge in [0, 0.05) is 17.5 Å². The standard InChI is InChI=1S/C17H14Cl2N2/c18-10-11-3-1-4-12(9-11)17-20-15-6-2-5-14(19)16(15)21(17)13-7-8-13/h1-6,9,13H,7-8,10H2. The molecule has 0 amide bonds. The lowest BCUT2D eigenvalue weighted by Gasteiger charge is -2.09. The Morgan fingerprint density at radius 1 is 1.14 bits per heavy atom. The maximum atomic E-state index is 6.41. The Hall–Kier alpha value is -1.51. The fourth-order valence-corrected chi connectivity index (χ4v) is 3.22. The van der Waals surface area contributed by atoms with E-state index in [1.54, 1.807) is 0 Å². The van der Waals surface area contributed by atoms with Gasteiger partial charge in [-0.3, -0.25) is 0 Å². The van der Waals surface area contributed by atoms with Gasteiger partial charge in [-0.25, -0.2) is 4.98 Å². The van der Waals surface area contributed by atoms with Crippen LogP contribution in [0.15, 0.2) is 42.5 Å². The van der Waals surface area contributed by atoms with Crippen LogP contribution in [-0.2, 0) is 5.88 Å². The molecule has 3 aromatic rings. The number of nitrogens with zero attached hydrogens (tertiary/aromatic N) is 2. The van der Waals surface area contributed by atoms with Gasteiger partial charge >= 0.3 is 0 Å². The zero-order chi connectivity index (χ0) is 14.4. The molecule has 1 aliphatic rings. The average Bonchev–Trinajstić information content (AvgIpc) is 3.27. The van der Waals surface area contributed by atoms with Crippen molar-refractivity contribution in [2.24, 2.45) is 0 Å². The van der Waals surface area contributed by atoms with Crippen molar-refractivity contribution in [2.45, 2.75) is 24.8 Å². The number of benzene rings is 2. The third-order valence-electron chi connectivity index (χ3n) is 3.91. The third kappa shape index (κ3) is 2.23. The van der Waals surface area contributed by atoms with Crippen LogP contribution in [-0.4, -0.2) is 9.55 Å².